The monoisotopic (exact) mass is 315 g/mol. The standard InChI is InChI=1S/C20H33N3/c1-21-19(17-18-9-5-3-6-10-18)20(11-7-4-8-12-20)23-15-13-22(2)14-16-23/h3,5-6,9-10,19,21H,4,7-8,11-17H2,1-2H3. The highest BCUT2D eigenvalue weighted by Gasteiger charge is 2.44. The van der Waals surface area contributed by atoms with Crippen LogP contribution in [0.2, 0.25) is 0 Å². The third kappa shape index (κ3) is 3.78. The van der Waals surface area contributed by atoms with Crippen LogP contribution in [-0.2, 0) is 6.42 Å². The highest BCUT2D eigenvalue weighted by molar-refractivity contribution is 5.18. The second-order valence-corrected chi connectivity index (χ2v) is 7.49. The van der Waals surface area contributed by atoms with Crippen LogP contribution in [0.3, 0.4) is 0 Å². The van der Waals surface area contributed by atoms with Gasteiger partial charge in [-0.3, -0.25) is 4.90 Å². The van der Waals surface area contributed by atoms with E-state index < -0.39 is 0 Å². The Labute approximate surface area is 142 Å². The van der Waals surface area contributed by atoms with E-state index in [-0.39, 0.29) is 0 Å². The zero-order valence-corrected chi connectivity index (χ0v) is 14.9. The van der Waals surface area contributed by atoms with Crippen LogP contribution in [0.15, 0.2) is 30.3 Å². The van der Waals surface area contributed by atoms with Crippen molar-refractivity contribution in [1.29, 1.82) is 0 Å². The van der Waals surface area contributed by atoms with Crippen LogP contribution in [0.4, 0.5) is 0 Å². The molecule has 0 spiro atoms. The summed E-state index contributed by atoms with van der Waals surface area (Å²) in [6.45, 7) is 4.87. The molecule has 1 atom stereocenters. The molecule has 1 aromatic rings. The van der Waals surface area contributed by atoms with Crippen molar-refractivity contribution in [2.75, 3.05) is 40.3 Å². The fourth-order valence-corrected chi connectivity index (χ4v) is 4.71. The van der Waals surface area contributed by atoms with Crippen molar-refractivity contribution in [3.63, 3.8) is 0 Å². The van der Waals surface area contributed by atoms with E-state index in [0.29, 0.717) is 11.6 Å². The van der Waals surface area contributed by atoms with Gasteiger partial charge in [0.05, 0.1) is 0 Å². The molecule has 0 aromatic heterocycles. The first kappa shape index (κ1) is 16.9. The predicted molar refractivity (Wildman–Crippen MR) is 97.9 cm³/mol. The third-order valence-electron chi connectivity index (χ3n) is 6.13. The lowest BCUT2D eigenvalue weighted by atomic mass is 9.72. The number of hydrogen-bond donors (Lipinski definition) is 1. The zero-order valence-electron chi connectivity index (χ0n) is 14.9. The molecule has 2 fully saturated rings. The molecule has 2 aliphatic rings. The summed E-state index contributed by atoms with van der Waals surface area (Å²) in [6.07, 6.45) is 8.05. The lowest BCUT2D eigenvalue weighted by Crippen LogP contribution is -2.65. The molecule has 1 aliphatic heterocycles. The van der Waals surface area contributed by atoms with E-state index in [2.05, 4.69) is 59.5 Å². The van der Waals surface area contributed by atoms with Crippen molar-refractivity contribution in [2.24, 2.45) is 0 Å². The highest BCUT2D eigenvalue weighted by Crippen LogP contribution is 2.38. The Kier molecular flexibility index (Phi) is 5.73. The molecule has 3 rings (SSSR count). The predicted octanol–water partition coefficient (Wildman–Crippen LogP) is 2.77. The summed E-state index contributed by atoms with van der Waals surface area (Å²) in [5.41, 5.74) is 1.82. The van der Waals surface area contributed by atoms with Gasteiger partial charge in [-0.15, -0.1) is 0 Å². The lowest BCUT2D eigenvalue weighted by Gasteiger charge is -2.53. The molecule has 3 heteroatoms. The van der Waals surface area contributed by atoms with Gasteiger partial charge in [0.2, 0.25) is 0 Å². The van der Waals surface area contributed by atoms with Gasteiger partial charge in [-0.05, 0) is 38.9 Å². The van der Waals surface area contributed by atoms with E-state index in [4.69, 9.17) is 0 Å². The molecular formula is C20H33N3. The molecule has 1 saturated carbocycles. The second-order valence-electron chi connectivity index (χ2n) is 7.49. The summed E-state index contributed by atoms with van der Waals surface area (Å²) in [5, 5.41) is 3.71. The minimum Gasteiger partial charge on any atom is -0.315 e. The quantitative estimate of drug-likeness (QED) is 0.901. The zero-order chi connectivity index (χ0) is 16.1. The molecule has 3 nitrogen and oxygen atoms in total. The molecule has 1 aliphatic carbocycles. The largest absolute Gasteiger partial charge is 0.315 e. The van der Waals surface area contributed by atoms with E-state index in [0.717, 1.165) is 6.42 Å². The van der Waals surface area contributed by atoms with Gasteiger partial charge in [-0.1, -0.05) is 49.6 Å². The fraction of sp³-hybridized carbons (Fsp3) is 0.700. The Morgan fingerprint density at radius 2 is 1.65 bits per heavy atom. The Morgan fingerprint density at radius 3 is 2.26 bits per heavy atom. The number of nitrogens with one attached hydrogen (secondary N) is 1. The van der Waals surface area contributed by atoms with Gasteiger partial charge < -0.3 is 10.2 Å². The Balaban J connectivity index is 1.81. The summed E-state index contributed by atoms with van der Waals surface area (Å²) in [6, 6.07) is 11.6. The van der Waals surface area contributed by atoms with Crippen LogP contribution in [0.25, 0.3) is 0 Å². The maximum atomic E-state index is 3.71. The van der Waals surface area contributed by atoms with Gasteiger partial charge >= 0.3 is 0 Å². The Bertz CT molecular complexity index is 459. The molecule has 1 heterocycles. The molecule has 1 saturated heterocycles. The third-order valence-corrected chi connectivity index (χ3v) is 6.13. The molecule has 0 amide bonds. The van der Waals surface area contributed by atoms with Crippen molar-refractivity contribution in [3.05, 3.63) is 35.9 Å². The maximum Gasteiger partial charge on any atom is 0.0366 e. The van der Waals surface area contributed by atoms with Gasteiger partial charge in [0.15, 0.2) is 0 Å². The summed E-state index contributed by atoms with van der Waals surface area (Å²) in [7, 11) is 4.42. The molecule has 128 valence electrons. The van der Waals surface area contributed by atoms with E-state index in [1.165, 1.54) is 63.8 Å². The first-order valence-electron chi connectivity index (χ1n) is 9.39. The molecule has 0 bridgehead atoms. The van der Waals surface area contributed by atoms with Crippen LogP contribution in [0.5, 0.6) is 0 Å². The summed E-state index contributed by atoms with van der Waals surface area (Å²) in [4.78, 5) is 5.30. The number of hydrogen-bond acceptors (Lipinski definition) is 3. The van der Waals surface area contributed by atoms with Gasteiger partial charge in [0.25, 0.3) is 0 Å². The van der Waals surface area contributed by atoms with Crippen molar-refractivity contribution in [2.45, 2.75) is 50.1 Å². The van der Waals surface area contributed by atoms with Crippen LogP contribution in [0, 0.1) is 0 Å². The van der Waals surface area contributed by atoms with Crippen molar-refractivity contribution in [1.82, 2.24) is 15.1 Å². The minimum atomic E-state index is 0.351. The minimum absolute atomic E-state index is 0.351. The fourth-order valence-electron chi connectivity index (χ4n) is 4.71. The first-order chi connectivity index (χ1) is 11.2. The van der Waals surface area contributed by atoms with E-state index >= 15 is 0 Å². The summed E-state index contributed by atoms with van der Waals surface area (Å²) < 4.78 is 0. The Hall–Kier alpha value is -0.900. The average molecular weight is 316 g/mol. The lowest BCUT2D eigenvalue weighted by molar-refractivity contribution is -0.0112. The highest BCUT2D eigenvalue weighted by atomic mass is 15.3. The van der Waals surface area contributed by atoms with Crippen molar-refractivity contribution < 1.29 is 0 Å². The summed E-state index contributed by atoms with van der Waals surface area (Å²) >= 11 is 0. The number of piperazine rings is 1. The number of nitrogens with zero attached hydrogens (tertiary/aromatic N) is 2. The van der Waals surface area contributed by atoms with Gasteiger partial charge in [-0.2, -0.15) is 0 Å². The number of likely N-dealkylation sites (N-methyl/N-ethyl adjacent to an activating group) is 2. The first-order valence-corrected chi connectivity index (χ1v) is 9.39. The van der Waals surface area contributed by atoms with Gasteiger partial charge in [0.1, 0.15) is 0 Å². The Morgan fingerprint density at radius 1 is 1.00 bits per heavy atom. The normalized spacial score (nSPS) is 24.4. The van der Waals surface area contributed by atoms with Crippen molar-refractivity contribution in [3.8, 4) is 0 Å². The SMILES string of the molecule is CNC(Cc1ccccc1)C1(N2CCN(C)CC2)CCCCC1. The van der Waals surface area contributed by atoms with Gasteiger partial charge in [0, 0.05) is 37.8 Å². The topological polar surface area (TPSA) is 18.5 Å². The molecule has 1 aromatic carbocycles. The van der Waals surface area contributed by atoms with Crippen LogP contribution < -0.4 is 5.32 Å². The van der Waals surface area contributed by atoms with Crippen LogP contribution in [-0.4, -0.2) is 61.7 Å². The number of benzene rings is 1. The smallest absolute Gasteiger partial charge is 0.0366 e. The molecule has 23 heavy (non-hydrogen) atoms. The van der Waals surface area contributed by atoms with Gasteiger partial charge in [-0.25, -0.2) is 0 Å². The molecule has 1 N–H and O–H groups in total. The van der Waals surface area contributed by atoms with E-state index in [1.807, 2.05) is 0 Å². The molecule has 0 radical (unpaired) electrons. The number of rotatable bonds is 5. The second kappa shape index (κ2) is 7.78. The molecular weight excluding hydrogens is 282 g/mol. The van der Waals surface area contributed by atoms with Crippen molar-refractivity contribution >= 4 is 0 Å². The van der Waals surface area contributed by atoms with Crippen LogP contribution >= 0.6 is 0 Å². The van der Waals surface area contributed by atoms with E-state index in [9.17, 15) is 0 Å². The molecule has 1 unspecified atom stereocenters. The van der Waals surface area contributed by atoms with E-state index in [1.54, 1.807) is 0 Å². The maximum absolute atomic E-state index is 3.71. The average Bonchev–Trinajstić information content (AvgIpc) is 2.61. The van der Waals surface area contributed by atoms with Crippen LogP contribution in [0.1, 0.15) is 37.7 Å². The summed E-state index contributed by atoms with van der Waals surface area (Å²) in [5.74, 6) is 0.